The van der Waals surface area contributed by atoms with Crippen molar-refractivity contribution in [2.45, 2.75) is 26.3 Å². The molecule has 7 heteroatoms. The van der Waals surface area contributed by atoms with Crippen molar-refractivity contribution in [3.05, 3.63) is 0 Å². The van der Waals surface area contributed by atoms with Crippen molar-refractivity contribution < 1.29 is 19.5 Å². The molecule has 0 radical (unpaired) electrons. The molecule has 2 N–H and O–H groups in total. The molecule has 0 saturated carbocycles. The molecule has 1 saturated heterocycles. The number of carbonyl (C=O) groups excluding carboxylic acids is 2. The highest BCUT2D eigenvalue weighted by Gasteiger charge is 2.26. The Hall–Kier alpha value is -1.24. The summed E-state index contributed by atoms with van der Waals surface area (Å²) in [5.41, 5.74) is 0. The molecular weight excluding hydrogens is 256 g/mol. The summed E-state index contributed by atoms with van der Waals surface area (Å²) in [5.74, 6) is -0.603. The van der Waals surface area contributed by atoms with E-state index in [9.17, 15) is 14.4 Å². The second-order valence-corrected chi connectivity index (χ2v) is 5.67. The van der Waals surface area contributed by atoms with Gasteiger partial charge in [-0.3, -0.25) is 9.59 Å². The molecule has 1 atom stereocenters. The molecule has 0 aromatic heterocycles. The van der Waals surface area contributed by atoms with E-state index in [-0.39, 0.29) is 17.7 Å². The molecule has 1 fully saturated rings. The lowest BCUT2D eigenvalue weighted by atomic mass is 10.0. The van der Waals surface area contributed by atoms with Crippen LogP contribution in [0.1, 0.15) is 20.3 Å². The lowest BCUT2D eigenvalue weighted by Gasteiger charge is -2.19. The highest BCUT2D eigenvalue weighted by atomic mass is 32.2. The van der Waals surface area contributed by atoms with Crippen LogP contribution in [0.2, 0.25) is 0 Å². The first-order valence-electron chi connectivity index (χ1n) is 5.84. The lowest BCUT2D eigenvalue weighted by molar-refractivity contribution is -0.142. The molecule has 1 rings (SSSR count). The van der Waals surface area contributed by atoms with Crippen LogP contribution >= 0.6 is 11.8 Å². The third-order valence-electron chi connectivity index (χ3n) is 2.52. The first kappa shape index (κ1) is 14.8. The average Bonchev–Trinajstić information content (AvgIpc) is 2.62. The molecule has 0 aliphatic carbocycles. The number of carboxylic acid groups (broad SMARTS) is 1. The number of rotatable bonds is 6. The highest BCUT2D eigenvalue weighted by molar-refractivity contribution is 8.13. The van der Waals surface area contributed by atoms with Gasteiger partial charge >= 0.3 is 5.97 Å². The number of amides is 2. The van der Waals surface area contributed by atoms with Gasteiger partial charge in [-0.2, -0.15) is 0 Å². The molecule has 1 heterocycles. The molecule has 1 aliphatic rings. The maximum atomic E-state index is 11.7. The molecule has 0 aromatic rings. The Morgan fingerprint density at radius 1 is 1.50 bits per heavy atom. The van der Waals surface area contributed by atoms with Gasteiger partial charge in [-0.1, -0.05) is 25.6 Å². The molecule has 6 nitrogen and oxygen atoms in total. The minimum absolute atomic E-state index is 0.0618. The zero-order valence-corrected chi connectivity index (χ0v) is 11.3. The molecular formula is C11H18N2O4S. The summed E-state index contributed by atoms with van der Waals surface area (Å²) in [5, 5.41) is 11.3. The van der Waals surface area contributed by atoms with E-state index < -0.39 is 17.9 Å². The molecule has 0 aromatic carbocycles. The van der Waals surface area contributed by atoms with Crippen molar-refractivity contribution in [2.24, 2.45) is 5.92 Å². The van der Waals surface area contributed by atoms with Crippen LogP contribution in [0.25, 0.3) is 0 Å². The Balaban J connectivity index is 2.45. The summed E-state index contributed by atoms with van der Waals surface area (Å²) < 4.78 is 0. The van der Waals surface area contributed by atoms with Crippen molar-refractivity contribution in [1.29, 1.82) is 0 Å². The smallest absolute Gasteiger partial charge is 0.326 e. The van der Waals surface area contributed by atoms with Gasteiger partial charge in [0.15, 0.2) is 0 Å². The topological polar surface area (TPSA) is 86.7 Å². The lowest BCUT2D eigenvalue weighted by Crippen LogP contribution is -2.46. The van der Waals surface area contributed by atoms with Crippen molar-refractivity contribution in [3.8, 4) is 0 Å². The number of nitrogens with zero attached hydrogens (tertiary/aromatic N) is 1. The summed E-state index contributed by atoms with van der Waals surface area (Å²) in [4.78, 5) is 35.4. The molecule has 0 bridgehead atoms. The molecule has 1 aliphatic heterocycles. The van der Waals surface area contributed by atoms with Crippen LogP contribution in [0.5, 0.6) is 0 Å². The molecule has 102 valence electrons. The van der Waals surface area contributed by atoms with Crippen LogP contribution in [0.4, 0.5) is 4.79 Å². The second-order valence-electron chi connectivity index (χ2n) is 4.62. The van der Waals surface area contributed by atoms with Gasteiger partial charge in [-0.25, -0.2) is 4.79 Å². The summed E-state index contributed by atoms with van der Waals surface area (Å²) >= 11 is 1.17. The summed E-state index contributed by atoms with van der Waals surface area (Å²) in [7, 11) is 0. The van der Waals surface area contributed by atoms with Crippen molar-refractivity contribution in [2.75, 3.05) is 18.8 Å². The van der Waals surface area contributed by atoms with Crippen LogP contribution in [0, 0.1) is 5.92 Å². The van der Waals surface area contributed by atoms with Gasteiger partial charge in [0.05, 0.1) is 0 Å². The number of aliphatic carboxylic acids is 1. The van der Waals surface area contributed by atoms with Gasteiger partial charge in [-0.15, -0.1) is 0 Å². The first-order valence-corrected chi connectivity index (χ1v) is 6.82. The maximum absolute atomic E-state index is 11.7. The molecule has 2 amide bonds. The van der Waals surface area contributed by atoms with Gasteiger partial charge in [0.2, 0.25) is 5.91 Å². The Bertz CT molecular complexity index is 346. The normalized spacial score (nSPS) is 17.1. The largest absolute Gasteiger partial charge is 0.480 e. The van der Waals surface area contributed by atoms with E-state index in [0.29, 0.717) is 18.7 Å². The third kappa shape index (κ3) is 4.56. The summed E-state index contributed by atoms with van der Waals surface area (Å²) in [6.45, 7) is 4.26. The minimum Gasteiger partial charge on any atom is -0.480 e. The summed E-state index contributed by atoms with van der Waals surface area (Å²) in [6, 6.07) is -0.886. The SMILES string of the molecule is CC(C)CC(NC(=O)CN1CCSC1=O)C(=O)O. The number of carboxylic acids is 1. The van der Waals surface area contributed by atoms with Crippen LogP contribution in [0.15, 0.2) is 0 Å². The fourth-order valence-corrected chi connectivity index (χ4v) is 2.50. The van der Waals surface area contributed by atoms with E-state index in [1.807, 2.05) is 13.8 Å². The molecule has 18 heavy (non-hydrogen) atoms. The van der Waals surface area contributed by atoms with Gasteiger partial charge in [0, 0.05) is 12.3 Å². The first-order chi connectivity index (χ1) is 8.40. The summed E-state index contributed by atoms with van der Waals surface area (Å²) in [6.07, 6.45) is 0.379. The Kier molecular flexibility index (Phi) is 5.46. The Morgan fingerprint density at radius 2 is 2.17 bits per heavy atom. The van der Waals surface area contributed by atoms with E-state index in [2.05, 4.69) is 5.32 Å². The minimum atomic E-state index is -1.04. The van der Waals surface area contributed by atoms with Crippen LogP contribution in [0.3, 0.4) is 0 Å². The zero-order valence-electron chi connectivity index (χ0n) is 10.5. The van der Waals surface area contributed by atoms with Crippen molar-refractivity contribution in [1.82, 2.24) is 10.2 Å². The van der Waals surface area contributed by atoms with Crippen LogP contribution < -0.4 is 5.32 Å². The number of thioether (sulfide) groups is 1. The van der Waals surface area contributed by atoms with E-state index in [1.165, 1.54) is 16.7 Å². The Morgan fingerprint density at radius 3 is 2.61 bits per heavy atom. The second kappa shape index (κ2) is 6.63. The van der Waals surface area contributed by atoms with Gasteiger partial charge < -0.3 is 15.3 Å². The van der Waals surface area contributed by atoms with Crippen LogP contribution in [-0.2, 0) is 9.59 Å². The van der Waals surface area contributed by atoms with E-state index >= 15 is 0 Å². The van der Waals surface area contributed by atoms with E-state index in [4.69, 9.17) is 5.11 Å². The monoisotopic (exact) mass is 274 g/mol. The van der Waals surface area contributed by atoms with Crippen molar-refractivity contribution in [3.63, 3.8) is 0 Å². The number of hydrogen-bond acceptors (Lipinski definition) is 4. The Labute approximate surface area is 110 Å². The van der Waals surface area contributed by atoms with Gasteiger partial charge in [0.1, 0.15) is 12.6 Å². The number of nitrogens with one attached hydrogen (secondary N) is 1. The standard InChI is InChI=1S/C11H18N2O4S/c1-7(2)5-8(10(15)16)12-9(14)6-13-3-4-18-11(13)17/h7-8H,3-6H2,1-2H3,(H,12,14)(H,15,16). The predicted octanol–water partition coefficient (Wildman–Crippen LogP) is 0.771. The molecule has 1 unspecified atom stereocenters. The van der Waals surface area contributed by atoms with Crippen LogP contribution in [-0.4, -0.2) is 52.0 Å². The highest BCUT2D eigenvalue weighted by Crippen LogP contribution is 2.16. The van der Waals surface area contributed by atoms with Crippen molar-refractivity contribution >= 4 is 28.9 Å². The molecule has 0 spiro atoms. The third-order valence-corrected chi connectivity index (χ3v) is 3.41. The fraction of sp³-hybridized carbons (Fsp3) is 0.727. The van der Waals surface area contributed by atoms with Gasteiger partial charge in [0.25, 0.3) is 5.24 Å². The maximum Gasteiger partial charge on any atom is 0.326 e. The average molecular weight is 274 g/mol. The van der Waals surface area contributed by atoms with E-state index in [1.54, 1.807) is 0 Å². The predicted molar refractivity (Wildman–Crippen MR) is 68.4 cm³/mol. The zero-order chi connectivity index (χ0) is 13.7. The van der Waals surface area contributed by atoms with Gasteiger partial charge in [-0.05, 0) is 12.3 Å². The fourth-order valence-electron chi connectivity index (χ4n) is 1.68. The quantitative estimate of drug-likeness (QED) is 0.747. The number of hydrogen-bond donors (Lipinski definition) is 2. The van der Waals surface area contributed by atoms with E-state index in [0.717, 1.165) is 0 Å². The number of carbonyl (C=O) groups is 3.